The first-order chi connectivity index (χ1) is 1.73. The van der Waals surface area contributed by atoms with Crippen LogP contribution in [0.15, 0.2) is 0 Å². The van der Waals surface area contributed by atoms with E-state index in [1.54, 1.807) is 0 Å². The second-order valence-corrected chi connectivity index (χ2v) is 0.999. The van der Waals surface area contributed by atoms with Crippen molar-refractivity contribution in [2.24, 2.45) is 0 Å². The molecule has 3 heteroatoms. The fourth-order valence-corrected chi connectivity index (χ4v) is 0. The van der Waals surface area contributed by atoms with Gasteiger partial charge in [-0.1, -0.05) is 0 Å². The first-order valence-corrected chi connectivity index (χ1v) is 1.49. The van der Waals surface area contributed by atoms with E-state index in [1.807, 2.05) is 0 Å². The average Bonchev–Trinajstić information content (AvgIpc) is 0.811. The summed E-state index contributed by atoms with van der Waals surface area (Å²) in [5.41, 5.74) is -0.806. The van der Waals surface area contributed by atoms with Crippen molar-refractivity contribution in [3.05, 3.63) is 0 Å². The van der Waals surface area contributed by atoms with E-state index in [2.05, 4.69) is 0 Å². The molecule has 0 rings (SSSR count). The lowest BCUT2D eigenvalue weighted by Crippen LogP contribution is -1.65. The normalized spacial score (nSPS) is 7.00. The van der Waals surface area contributed by atoms with E-state index in [4.69, 9.17) is 9.90 Å². The van der Waals surface area contributed by atoms with Crippen LogP contribution in [0.1, 0.15) is 0 Å². The van der Waals surface area contributed by atoms with Crippen LogP contribution in [-0.2, 0) is 0 Å². The molecular weight excluding hydrogens is 75.0 g/mol. The van der Waals surface area contributed by atoms with Gasteiger partial charge in [0.1, 0.15) is 0 Å². The third-order valence-electron chi connectivity index (χ3n) is 0. The highest BCUT2D eigenvalue weighted by Crippen LogP contribution is 1.74. The minimum Gasteiger partial charge on any atom is -0.452 e. The van der Waals surface area contributed by atoms with Gasteiger partial charge in [0.25, 0.3) is 0 Å². The van der Waals surface area contributed by atoms with Gasteiger partial charge in [-0.2, -0.15) is 0 Å². The minimum atomic E-state index is -0.806. The molecule has 0 radical (unpaired) electrons. The van der Waals surface area contributed by atoms with Crippen molar-refractivity contribution in [1.29, 1.82) is 0 Å². The van der Waals surface area contributed by atoms with Gasteiger partial charge < -0.3 is 5.11 Å². The molecule has 24 valence electrons. The summed E-state index contributed by atoms with van der Waals surface area (Å²) < 4.78 is 0. The third kappa shape index (κ3) is 154. The van der Waals surface area contributed by atoms with Crippen LogP contribution in [0.5, 0.6) is 0 Å². The fraction of sp³-hybridized carbons (Fsp3) is 0. The Balaban J connectivity index is 2.80. The second-order valence-electron chi connectivity index (χ2n) is 0.394. The number of rotatable bonds is 0. The van der Waals surface area contributed by atoms with Crippen LogP contribution in [0.3, 0.4) is 0 Å². The Hall–Kier alpha value is -0.100. The Bertz CT molecular complexity index is 29.0. The lowest BCUT2D eigenvalue weighted by Gasteiger charge is -1.51. The number of hydrogen-bond acceptors (Lipinski definition) is 1. The predicted molar refractivity (Wildman–Crippen MR) is 19.1 cm³/mol. The van der Waals surface area contributed by atoms with Crippen LogP contribution in [0.2, 0.25) is 0 Å². The summed E-state index contributed by atoms with van der Waals surface area (Å²) in [4.78, 5) is 9.01. The summed E-state index contributed by atoms with van der Waals surface area (Å²) in [5.74, 6) is 0. The molecule has 0 saturated heterocycles. The molecule has 0 saturated carbocycles. The summed E-state index contributed by atoms with van der Waals surface area (Å²) in [6.45, 7) is 0. The standard InChI is InChI=1S/CH3O2P/c2-1(3)4/h4H2,(H,2,3)/p+1. The zero-order valence-electron chi connectivity index (χ0n) is 2.06. The van der Waals surface area contributed by atoms with E-state index in [1.165, 1.54) is 0 Å². The van der Waals surface area contributed by atoms with Gasteiger partial charge in [0.05, 0.1) is 9.24 Å². The second kappa shape index (κ2) is 1.24. The van der Waals surface area contributed by atoms with Gasteiger partial charge in [0.2, 0.25) is 0 Å². The van der Waals surface area contributed by atoms with E-state index < -0.39 is 5.71 Å². The van der Waals surface area contributed by atoms with E-state index in [9.17, 15) is 0 Å². The Labute approximate surface area is 26.0 Å². The monoisotopic (exact) mass is 79.0 g/mol. The molecule has 0 heterocycles. The van der Waals surface area contributed by atoms with Crippen LogP contribution in [0.4, 0.5) is 4.79 Å². The Morgan fingerprint density at radius 3 is 2.00 bits per heavy atom. The molecule has 1 unspecified atom stereocenters. The van der Waals surface area contributed by atoms with Crippen molar-refractivity contribution in [2.75, 3.05) is 0 Å². The topological polar surface area (TPSA) is 37.3 Å². The minimum absolute atomic E-state index is 0.806. The van der Waals surface area contributed by atoms with Crippen LogP contribution in [0, 0.1) is 0 Å². The first kappa shape index (κ1) is 3.90. The van der Waals surface area contributed by atoms with Gasteiger partial charge in [-0.15, -0.1) is 0 Å². The van der Waals surface area contributed by atoms with Crippen LogP contribution in [-0.4, -0.2) is 10.8 Å². The van der Waals surface area contributed by atoms with Crippen molar-refractivity contribution in [2.45, 2.75) is 0 Å². The molecule has 0 aliphatic rings. The number of carboxylic acid groups (broad SMARTS) is 1. The molecule has 2 nitrogen and oxygen atoms in total. The predicted octanol–water partition coefficient (Wildman–Crippen LogP) is 0.272. The van der Waals surface area contributed by atoms with Crippen LogP contribution in [0.25, 0.3) is 0 Å². The summed E-state index contributed by atoms with van der Waals surface area (Å²) >= 11 is 0. The number of hydrogen-bond donors (Lipinski definition) is 1. The largest absolute Gasteiger partial charge is 0.452 e. The molecule has 1 N–H and O–H groups in total. The maximum absolute atomic E-state index is 9.01. The van der Waals surface area contributed by atoms with Gasteiger partial charge in [-0.25, -0.2) is 4.79 Å². The van der Waals surface area contributed by atoms with Gasteiger partial charge in [0.15, 0.2) is 0 Å². The third-order valence-corrected chi connectivity index (χ3v) is 0. The zero-order chi connectivity index (χ0) is 3.58. The van der Waals surface area contributed by atoms with Crippen molar-refractivity contribution in [3.63, 3.8) is 0 Å². The summed E-state index contributed by atoms with van der Waals surface area (Å²) in [7, 11) is 0.920. The molecular formula is CH4O2P+. The molecule has 0 aromatic carbocycles. The molecule has 4 heavy (non-hydrogen) atoms. The molecule has 0 aromatic rings. The maximum Gasteiger partial charge on any atom is 0.440 e. The van der Waals surface area contributed by atoms with Gasteiger partial charge in [0, 0.05) is 0 Å². The quantitative estimate of drug-likeness (QED) is 0.423. The molecule has 0 aliphatic heterocycles. The summed E-state index contributed by atoms with van der Waals surface area (Å²) in [5, 5.41) is 7.43. The Kier molecular flexibility index (Phi) is 1.21. The van der Waals surface area contributed by atoms with Gasteiger partial charge in [-0.3, -0.25) is 0 Å². The highest BCUT2D eigenvalue weighted by molar-refractivity contribution is 7.38. The van der Waals surface area contributed by atoms with E-state index >= 15 is 0 Å². The molecule has 0 bridgehead atoms. The van der Waals surface area contributed by atoms with Crippen LogP contribution < -0.4 is 0 Å². The number of carbonyl (C=O) groups is 1. The highest BCUT2D eigenvalue weighted by Gasteiger charge is 1.75. The van der Waals surface area contributed by atoms with Crippen molar-refractivity contribution >= 4 is 15.0 Å². The molecule has 1 atom stereocenters. The SMILES string of the molecule is O=C(O)[PH3+]. The lowest BCUT2D eigenvalue weighted by molar-refractivity contribution is 0.222. The molecule has 0 aromatic heterocycles. The van der Waals surface area contributed by atoms with E-state index in [0.717, 1.165) is 9.24 Å². The lowest BCUT2D eigenvalue weighted by atomic mass is 11.6. The highest BCUT2D eigenvalue weighted by atomic mass is 31.0. The summed E-state index contributed by atoms with van der Waals surface area (Å²) in [6.07, 6.45) is 0. The molecule has 0 fully saturated rings. The maximum atomic E-state index is 9.01. The van der Waals surface area contributed by atoms with E-state index in [-0.39, 0.29) is 0 Å². The summed E-state index contributed by atoms with van der Waals surface area (Å²) in [6, 6.07) is 0. The molecule has 0 amide bonds. The van der Waals surface area contributed by atoms with Crippen molar-refractivity contribution in [1.82, 2.24) is 0 Å². The van der Waals surface area contributed by atoms with Crippen molar-refractivity contribution in [3.8, 4) is 0 Å². The average molecular weight is 79.0 g/mol. The first-order valence-electron chi connectivity index (χ1n) is 0.781. The van der Waals surface area contributed by atoms with E-state index in [0.29, 0.717) is 0 Å². The van der Waals surface area contributed by atoms with Gasteiger partial charge >= 0.3 is 5.71 Å². The smallest absolute Gasteiger partial charge is 0.440 e. The fourth-order valence-electron chi connectivity index (χ4n) is 0. The Morgan fingerprint density at radius 1 is 2.00 bits per heavy atom. The van der Waals surface area contributed by atoms with Crippen molar-refractivity contribution < 1.29 is 9.90 Å². The van der Waals surface area contributed by atoms with Gasteiger partial charge in [-0.05, 0) is 0 Å². The zero-order valence-corrected chi connectivity index (χ0v) is 3.48. The Morgan fingerprint density at radius 2 is 2.00 bits per heavy atom. The van der Waals surface area contributed by atoms with Crippen LogP contribution >= 0.6 is 9.24 Å². The molecule has 0 aliphatic carbocycles. The molecule has 0 spiro atoms.